The molecule has 1 aliphatic heterocycles. The van der Waals surface area contributed by atoms with E-state index in [1.54, 1.807) is 0 Å². The van der Waals surface area contributed by atoms with Crippen molar-refractivity contribution in [1.82, 2.24) is 15.2 Å². The molecule has 1 saturated heterocycles. The zero-order chi connectivity index (χ0) is 20.9. The van der Waals surface area contributed by atoms with Crippen LogP contribution in [0, 0.1) is 12.8 Å². The molecule has 0 radical (unpaired) electrons. The standard InChI is InChI=1S/C24H32ClN3O2/c1-17-22(27-24(30-17)18-10-12-20(25)13-11-18)16-28-14-6-7-19(15-28)23(29)26-21-8-4-2-3-5-9-21/h10-13,19,21H,2-9,14-16H2,1H3,(H,26,29)/t19-/m1/s1. The maximum atomic E-state index is 12.9. The van der Waals surface area contributed by atoms with Gasteiger partial charge in [0.25, 0.3) is 0 Å². The van der Waals surface area contributed by atoms with E-state index in [9.17, 15) is 4.79 Å². The Hall–Kier alpha value is -1.85. The molecule has 5 nitrogen and oxygen atoms in total. The van der Waals surface area contributed by atoms with E-state index in [1.165, 1.54) is 25.7 Å². The van der Waals surface area contributed by atoms with Crippen molar-refractivity contribution >= 4 is 17.5 Å². The van der Waals surface area contributed by atoms with Gasteiger partial charge in [0.2, 0.25) is 11.8 Å². The van der Waals surface area contributed by atoms with Gasteiger partial charge in [-0.1, -0.05) is 37.3 Å². The van der Waals surface area contributed by atoms with Gasteiger partial charge in [-0.15, -0.1) is 0 Å². The molecule has 4 rings (SSSR count). The number of nitrogens with zero attached hydrogens (tertiary/aromatic N) is 2. The number of amides is 1. The van der Waals surface area contributed by atoms with Crippen LogP contribution in [0.5, 0.6) is 0 Å². The number of aryl methyl sites for hydroxylation is 1. The number of carbonyl (C=O) groups excluding carboxylic acids is 1. The number of benzene rings is 1. The Balaban J connectivity index is 1.35. The number of carbonyl (C=O) groups is 1. The summed E-state index contributed by atoms with van der Waals surface area (Å²) in [6, 6.07) is 7.91. The van der Waals surface area contributed by atoms with Gasteiger partial charge in [0.1, 0.15) is 5.76 Å². The number of rotatable bonds is 5. The summed E-state index contributed by atoms with van der Waals surface area (Å²) in [5.74, 6) is 1.78. The molecule has 1 aromatic carbocycles. The highest BCUT2D eigenvalue weighted by Gasteiger charge is 2.28. The molecule has 30 heavy (non-hydrogen) atoms. The van der Waals surface area contributed by atoms with Gasteiger partial charge in [-0.2, -0.15) is 0 Å². The summed E-state index contributed by atoms with van der Waals surface area (Å²) in [5, 5.41) is 4.04. The lowest BCUT2D eigenvalue weighted by molar-refractivity contribution is -0.127. The molecule has 0 spiro atoms. The molecular weight excluding hydrogens is 398 g/mol. The van der Waals surface area contributed by atoms with Crippen molar-refractivity contribution in [3.05, 3.63) is 40.7 Å². The highest BCUT2D eigenvalue weighted by Crippen LogP contribution is 2.26. The van der Waals surface area contributed by atoms with Crippen molar-refractivity contribution in [1.29, 1.82) is 0 Å². The molecule has 0 bridgehead atoms. The summed E-state index contributed by atoms with van der Waals surface area (Å²) < 4.78 is 5.91. The fourth-order valence-corrected chi connectivity index (χ4v) is 4.78. The van der Waals surface area contributed by atoms with Gasteiger partial charge >= 0.3 is 0 Å². The van der Waals surface area contributed by atoms with E-state index in [0.717, 1.165) is 62.3 Å². The molecule has 1 saturated carbocycles. The average Bonchev–Trinajstić information content (AvgIpc) is 2.93. The van der Waals surface area contributed by atoms with Crippen molar-refractivity contribution in [2.45, 2.75) is 70.9 Å². The first-order valence-corrected chi connectivity index (χ1v) is 11.7. The van der Waals surface area contributed by atoms with Gasteiger partial charge in [-0.05, 0) is 63.4 Å². The molecule has 2 heterocycles. The topological polar surface area (TPSA) is 58.4 Å². The third-order valence-electron chi connectivity index (χ3n) is 6.44. The van der Waals surface area contributed by atoms with Gasteiger partial charge in [0, 0.05) is 29.7 Å². The minimum atomic E-state index is 0.0740. The maximum Gasteiger partial charge on any atom is 0.226 e. The van der Waals surface area contributed by atoms with Crippen LogP contribution in [0.25, 0.3) is 11.5 Å². The predicted molar refractivity (Wildman–Crippen MR) is 119 cm³/mol. The van der Waals surface area contributed by atoms with E-state index in [1.807, 2.05) is 31.2 Å². The largest absolute Gasteiger partial charge is 0.441 e. The van der Waals surface area contributed by atoms with Crippen molar-refractivity contribution in [2.24, 2.45) is 5.92 Å². The highest BCUT2D eigenvalue weighted by atomic mass is 35.5. The SMILES string of the molecule is Cc1oc(-c2ccc(Cl)cc2)nc1CN1CCC[C@@H](C(=O)NC2CCCCCC2)C1. The summed E-state index contributed by atoms with van der Waals surface area (Å²) in [4.78, 5) is 19.9. The normalized spacial score (nSPS) is 21.3. The Labute approximate surface area is 184 Å². The lowest BCUT2D eigenvalue weighted by Gasteiger charge is -2.32. The average molecular weight is 430 g/mol. The summed E-state index contributed by atoms with van der Waals surface area (Å²) in [5.41, 5.74) is 1.87. The Morgan fingerprint density at radius 3 is 2.60 bits per heavy atom. The third-order valence-corrected chi connectivity index (χ3v) is 6.69. The minimum absolute atomic E-state index is 0.0740. The number of nitrogens with one attached hydrogen (secondary N) is 1. The van der Waals surface area contributed by atoms with Gasteiger partial charge in [0.05, 0.1) is 11.6 Å². The van der Waals surface area contributed by atoms with Crippen LogP contribution >= 0.6 is 11.6 Å². The number of hydrogen-bond acceptors (Lipinski definition) is 4. The van der Waals surface area contributed by atoms with E-state index in [2.05, 4.69) is 10.2 Å². The molecule has 1 aromatic heterocycles. The fraction of sp³-hybridized carbons (Fsp3) is 0.583. The van der Waals surface area contributed by atoms with Gasteiger partial charge in [0.15, 0.2) is 0 Å². The third kappa shape index (κ3) is 5.44. The van der Waals surface area contributed by atoms with Crippen molar-refractivity contribution in [3.8, 4) is 11.5 Å². The zero-order valence-electron chi connectivity index (χ0n) is 17.8. The summed E-state index contributed by atoms with van der Waals surface area (Å²) in [7, 11) is 0. The molecule has 1 N–H and O–H groups in total. The number of piperidine rings is 1. The van der Waals surface area contributed by atoms with Gasteiger partial charge < -0.3 is 9.73 Å². The molecule has 1 amide bonds. The molecule has 2 aromatic rings. The quantitative estimate of drug-likeness (QED) is 0.650. The zero-order valence-corrected chi connectivity index (χ0v) is 18.6. The van der Waals surface area contributed by atoms with E-state index in [-0.39, 0.29) is 11.8 Å². The van der Waals surface area contributed by atoms with E-state index in [0.29, 0.717) is 17.0 Å². The molecule has 162 valence electrons. The van der Waals surface area contributed by atoms with Crippen LogP contribution in [-0.4, -0.2) is 34.9 Å². The smallest absolute Gasteiger partial charge is 0.226 e. The Morgan fingerprint density at radius 2 is 1.87 bits per heavy atom. The summed E-state index contributed by atoms with van der Waals surface area (Å²) in [6.45, 7) is 4.47. The Kier molecular flexibility index (Phi) is 7.11. The van der Waals surface area contributed by atoms with Crippen LogP contribution in [-0.2, 0) is 11.3 Å². The first kappa shape index (κ1) is 21.4. The summed E-state index contributed by atoms with van der Waals surface area (Å²) in [6.07, 6.45) is 9.37. The molecule has 0 unspecified atom stereocenters. The van der Waals surface area contributed by atoms with Crippen LogP contribution in [0.2, 0.25) is 5.02 Å². The first-order valence-electron chi connectivity index (χ1n) is 11.3. The van der Waals surface area contributed by atoms with Crippen LogP contribution in [0.3, 0.4) is 0 Å². The minimum Gasteiger partial charge on any atom is -0.441 e. The summed E-state index contributed by atoms with van der Waals surface area (Å²) >= 11 is 5.98. The van der Waals surface area contributed by atoms with Crippen LogP contribution in [0.1, 0.15) is 62.8 Å². The Bertz CT molecular complexity index is 841. The second-order valence-corrected chi connectivity index (χ2v) is 9.24. The monoisotopic (exact) mass is 429 g/mol. The van der Waals surface area contributed by atoms with E-state index in [4.69, 9.17) is 21.0 Å². The highest BCUT2D eigenvalue weighted by molar-refractivity contribution is 6.30. The Morgan fingerprint density at radius 1 is 1.13 bits per heavy atom. The molecule has 6 heteroatoms. The van der Waals surface area contributed by atoms with Crippen molar-refractivity contribution < 1.29 is 9.21 Å². The number of likely N-dealkylation sites (tertiary alicyclic amines) is 1. The molecule has 2 aliphatic rings. The molecule has 1 atom stereocenters. The van der Waals surface area contributed by atoms with E-state index < -0.39 is 0 Å². The lowest BCUT2D eigenvalue weighted by Crippen LogP contribution is -2.45. The molecular formula is C24H32ClN3O2. The lowest BCUT2D eigenvalue weighted by atomic mass is 9.96. The van der Waals surface area contributed by atoms with Crippen LogP contribution in [0.4, 0.5) is 0 Å². The molecule has 1 aliphatic carbocycles. The predicted octanol–water partition coefficient (Wildman–Crippen LogP) is 5.35. The van der Waals surface area contributed by atoms with Gasteiger partial charge in [-0.3, -0.25) is 9.69 Å². The second-order valence-electron chi connectivity index (χ2n) is 8.80. The van der Waals surface area contributed by atoms with Crippen LogP contribution < -0.4 is 5.32 Å². The second kappa shape index (κ2) is 9.97. The van der Waals surface area contributed by atoms with E-state index >= 15 is 0 Å². The maximum absolute atomic E-state index is 12.9. The van der Waals surface area contributed by atoms with Crippen molar-refractivity contribution in [2.75, 3.05) is 13.1 Å². The number of aromatic nitrogens is 1. The number of halogens is 1. The van der Waals surface area contributed by atoms with Gasteiger partial charge in [-0.25, -0.2) is 4.98 Å². The number of hydrogen-bond donors (Lipinski definition) is 1. The van der Waals surface area contributed by atoms with Crippen molar-refractivity contribution in [3.63, 3.8) is 0 Å². The number of oxazole rings is 1. The van der Waals surface area contributed by atoms with Crippen LogP contribution in [0.15, 0.2) is 28.7 Å². The first-order chi connectivity index (χ1) is 14.6. The molecule has 2 fully saturated rings. The fourth-order valence-electron chi connectivity index (χ4n) is 4.66.